The largest absolute Gasteiger partial charge is 0.324 e. The van der Waals surface area contributed by atoms with Crippen LogP contribution in [0.2, 0.25) is 0 Å². The van der Waals surface area contributed by atoms with Crippen molar-refractivity contribution in [1.29, 1.82) is 0 Å². The van der Waals surface area contributed by atoms with Crippen molar-refractivity contribution in [2.75, 3.05) is 6.54 Å². The SMILES string of the molecule is CC(C)c1cc(-c2nc(-c3ccccc3)c3n2CCN(Cc2ccncc2)C3)n[nH]1. The van der Waals surface area contributed by atoms with Gasteiger partial charge in [0.05, 0.1) is 11.4 Å². The molecule has 3 aromatic heterocycles. The van der Waals surface area contributed by atoms with E-state index in [9.17, 15) is 0 Å². The predicted molar refractivity (Wildman–Crippen MR) is 118 cm³/mol. The molecule has 1 aliphatic rings. The number of imidazole rings is 1. The summed E-state index contributed by atoms with van der Waals surface area (Å²) in [5, 5.41) is 7.76. The first kappa shape index (κ1) is 18.8. The maximum Gasteiger partial charge on any atom is 0.161 e. The molecular weight excluding hydrogens is 372 g/mol. The number of pyridine rings is 1. The topological polar surface area (TPSA) is 62.6 Å². The number of hydrogen-bond donors (Lipinski definition) is 1. The summed E-state index contributed by atoms with van der Waals surface area (Å²) in [5.41, 5.74) is 6.80. The average Bonchev–Trinajstić information content (AvgIpc) is 3.40. The van der Waals surface area contributed by atoms with Gasteiger partial charge in [-0.3, -0.25) is 15.0 Å². The Labute approximate surface area is 176 Å². The molecule has 0 spiro atoms. The molecule has 0 aliphatic carbocycles. The summed E-state index contributed by atoms with van der Waals surface area (Å²) in [4.78, 5) is 11.7. The van der Waals surface area contributed by atoms with E-state index in [0.29, 0.717) is 5.92 Å². The molecule has 6 nitrogen and oxygen atoms in total. The minimum Gasteiger partial charge on any atom is -0.324 e. The fraction of sp³-hybridized carbons (Fsp3) is 0.292. The second-order valence-corrected chi connectivity index (χ2v) is 8.18. The van der Waals surface area contributed by atoms with Gasteiger partial charge in [-0.05, 0) is 29.7 Å². The van der Waals surface area contributed by atoms with E-state index in [1.165, 1.54) is 11.3 Å². The molecule has 0 amide bonds. The van der Waals surface area contributed by atoms with Crippen molar-refractivity contribution in [2.24, 2.45) is 0 Å². The van der Waals surface area contributed by atoms with Crippen LogP contribution in [-0.2, 0) is 19.6 Å². The Bertz CT molecular complexity index is 1130. The van der Waals surface area contributed by atoms with Gasteiger partial charge >= 0.3 is 0 Å². The molecule has 1 N–H and O–H groups in total. The predicted octanol–water partition coefficient (Wildman–Crippen LogP) is 4.47. The summed E-state index contributed by atoms with van der Waals surface area (Å²) in [5.74, 6) is 1.36. The van der Waals surface area contributed by atoms with Crippen molar-refractivity contribution in [3.8, 4) is 22.8 Å². The number of hydrogen-bond acceptors (Lipinski definition) is 4. The van der Waals surface area contributed by atoms with Crippen molar-refractivity contribution in [2.45, 2.75) is 39.4 Å². The van der Waals surface area contributed by atoms with Crippen LogP contribution in [0.3, 0.4) is 0 Å². The maximum atomic E-state index is 5.09. The number of fused-ring (bicyclic) bond motifs is 1. The Morgan fingerprint density at radius 2 is 1.83 bits per heavy atom. The number of aromatic amines is 1. The normalized spacial score (nSPS) is 14.2. The minimum atomic E-state index is 0.409. The highest BCUT2D eigenvalue weighted by Crippen LogP contribution is 2.32. The first-order chi connectivity index (χ1) is 14.7. The van der Waals surface area contributed by atoms with Gasteiger partial charge in [0.15, 0.2) is 5.82 Å². The molecule has 0 saturated carbocycles. The second kappa shape index (κ2) is 7.88. The monoisotopic (exact) mass is 398 g/mol. The third-order valence-electron chi connectivity index (χ3n) is 5.74. The van der Waals surface area contributed by atoms with Crippen LogP contribution in [0, 0.1) is 0 Å². The summed E-state index contributed by atoms with van der Waals surface area (Å²) in [6, 6.07) is 16.8. The van der Waals surface area contributed by atoms with E-state index >= 15 is 0 Å². The number of nitrogens with one attached hydrogen (secondary N) is 1. The molecule has 0 fully saturated rings. The van der Waals surface area contributed by atoms with E-state index in [1.54, 1.807) is 0 Å². The van der Waals surface area contributed by atoms with E-state index in [1.807, 2.05) is 18.5 Å². The summed E-state index contributed by atoms with van der Waals surface area (Å²) in [6.07, 6.45) is 3.72. The molecule has 1 aliphatic heterocycles. The summed E-state index contributed by atoms with van der Waals surface area (Å²) in [6.45, 7) is 8.00. The number of aromatic nitrogens is 5. The van der Waals surface area contributed by atoms with Gasteiger partial charge in [-0.25, -0.2) is 4.98 Å². The van der Waals surface area contributed by atoms with Gasteiger partial charge in [-0.15, -0.1) is 0 Å². The highest BCUT2D eigenvalue weighted by molar-refractivity contribution is 5.67. The average molecular weight is 399 g/mol. The van der Waals surface area contributed by atoms with Crippen molar-refractivity contribution in [3.63, 3.8) is 0 Å². The third-order valence-corrected chi connectivity index (χ3v) is 5.74. The first-order valence-corrected chi connectivity index (χ1v) is 10.5. The molecule has 4 heterocycles. The molecule has 0 bridgehead atoms. The molecule has 0 radical (unpaired) electrons. The highest BCUT2D eigenvalue weighted by atomic mass is 15.2. The van der Waals surface area contributed by atoms with Crippen LogP contribution in [0.25, 0.3) is 22.8 Å². The molecule has 30 heavy (non-hydrogen) atoms. The van der Waals surface area contributed by atoms with Crippen molar-refractivity contribution < 1.29 is 0 Å². The maximum absolute atomic E-state index is 5.09. The smallest absolute Gasteiger partial charge is 0.161 e. The van der Waals surface area contributed by atoms with E-state index in [0.717, 1.165) is 54.6 Å². The van der Waals surface area contributed by atoms with Crippen LogP contribution in [0.15, 0.2) is 60.9 Å². The van der Waals surface area contributed by atoms with Crippen molar-refractivity contribution in [3.05, 3.63) is 77.9 Å². The lowest BCUT2D eigenvalue weighted by molar-refractivity contribution is 0.214. The molecule has 4 aromatic rings. The standard InChI is InChI=1S/C24H26N6/c1-17(2)20-14-21(28-27-20)24-26-23(19-6-4-3-5-7-19)22-16-29(12-13-30(22)24)15-18-8-10-25-11-9-18/h3-11,14,17H,12-13,15-16H2,1-2H3,(H,27,28). The first-order valence-electron chi connectivity index (χ1n) is 10.5. The lowest BCUT2D eigenvalue weighted by atomic mass is 10.1. The Hall–Kier alpha value is -3.25. The molecule has 0 unspecified atom stereocenters. The molecule has 6 heteroatoms. The summed E-state index contributed by atoms with van der Waals surface area (Å²) in [7, 11) is 0. The van der Waals surface area contributed by atoms with E-state index in [-0.39, 0.29) is 0 Å². The third kappa shape index (κ3) is 3.55. The summed E-state index contributed by atoms with van der Waals surface area (Å²) < 4.78 is 2.35. The Kier molecular flexibility index (Phi) is 4.93. The zero-order valence-electron chi connectivity index (χ0n) is 17.4. The van der Waals surface area contributed by atoms with Gasteiger partial charge in [0, 0.05) is 49.8 Å². The fourth-order valence-electron chi connectivity index (χ4n) is 4.07. The highest BCUT2D eigenvalue weighted by Gasteiger charge is 2.26. The van der Waals surface area contributed by atoms with Gasteiger partial charge < -0.3 is 4.57 Å². The fourth-order valence-corrected chi connectivity index (χ4v) is 4.07. The van der Waals surface area contributed by atoms with Crippen LogP contribution < -0.4 is 0 Å². The number of benzene rings is 1. The zero-order chi connectivity index (χ0) is 20.5. The lowest BCUT2D eigenvalue weighted by Gasteiger charge is -2.29. The Balaban J connectivity index is 1.54. The second-order valence-electron chi connectivity index (χ2n) is 8.18. The van der Waals surface area contributed by atoms with Gasteiger partial charge in [-0.1, -0.05) is 44.2 Å². The van der Waals surface area contributed by atoms with Gasteiger partial charge in [-0.2, -0.15) is 5.10 Å². The van der Waals surface area contributed by atoms with Gasteiger partial charge in [0.1, 0.15) is 5.69 Å². The number of H-pyrrole nitrogens is 1. The molecule has 152 valence electrons. The Morgan fingerprint density at radius 1 is 1.03 bits per heavy atom. The Morgan fingerprint density at radius 3 is 2.57 bits per heavy atom. The minimum absolute atomic E-state index is 0.409. The zero-order valence-corrected chi connectivity index (χ0v) is 17.4. The van der Waals surface area contributed by atoms with E-state index in [4.69, 9.17) is 4.98 Å². The van der Waals surface area contributed by atoms with Crippen LogP contribution in [-0.4, -0.2) is 36.2 Å². The van der Waals surface area contributed by atoms with E-state index in [2.05, 4.69) is 81.0 Å². The molecule has 0 saturated heterocycles. The number of nitrogens with zero attached hydrogens (tertiary/aromatic N) is 5. The van der Waals surface area contributed by atoms with Crippen LogP contribution in [0.1, 0.15) is 36.7 Å². The lowest BCUT2D eigenvalue weighted by Crippen LogP contribution is -2.33. The molecule has 1 aromatic carbocycles. The molecule has 0 atom stereocenters. The molecular formula is C24H26N6. The van der Waals surface area contributed by atoms with Gasteiger partial charge in [0.2, 0.25) is 0 Å². The van der Waals surface area contributed by atoms with Crippen LogP contribution in [0.4, 0.5) is 0 Å². The quantitative estimate of drug-likeness (QED) is 0.539. The summed E-state index contributed by atoms with van der Waals surface area (Å²) >= 11 is 0. The van der Waals surface area contributed by atoms with Crippen molar-refractivity contribution in [1.82, 2.24) is 29.6 Å². The number of rotatable bonds is 5. The van der Waals surface area contributed by atoms with E-state index < -0.39 is 0 Å². The van der Waals surface area contributed by atoms with Crippen LogP contribution in [0.5, 0.6) is 0 Å². The van der Waals surface area contributed by atoms with Crippen LogP contribution >= 0.6 is 0 Å². The van der Waals surface area contributed by atoms with Crippen molar-refractivity contribution >= 4 is 0 Å². The van der Waals surface area contributed by atoms with Gasteiger partial charge in [0.25, 0.3) is 0 Å². The molecule has 5 rings (SSSR count).